The van der Waals surface area contributed by atoms with E-state index < -0.39 is 18.8 Å². The molecule has 0 amide bonds. The normalized spacial score (nSPS) is 18.7. The van der Waals surface area contributed by atoms with E-state index in [1.807, 2.05) is 20.8 Å². The SMILES string of the molecule is CCCc1c(F)cc(B2OCC(C)(C)CO2)cc1F. The molecule has 1 saturated heterocycles. The lowest BCUT2D eigenvalue weighted by atomic mass is 9.75. The van der Waals surface area contributed by atoms with Crippen LogP contribution >= 0.6 is 0 Å². The molecule has 1 aliphatic heterocycles. The summed E-state index contributed by atoms with van der Waals surface area (Å²) in [5, 5.41) is 0. The minimum atomic E-state index is -0.673. The van der Waals surface area contributed by atoms with E-state index >= 15 is 0 Å². The second kappa shape index (κ2) is 5.59. The summed E-state index contributed by atoms with van der Waals surface area (Å²) in [6.45, 7) is 6.96. The Hall–Kier alpha value is -0.935. The van der Waals surface area contributed by atoms with Gasteiger partial charge in [0.15, 0.2) is 0 Å². The highest BCUT2D eigenvalue weighted by atomic mass is 19.1. The van der Waals surface area contributed by atoms with Crippen LogP contribution in [-0.4, -0.2) is 20.3 Å². The third kappa shape index (κ3) is 3.34. The molecule has 0 N–H and O–H groups in total. The summed E-state index contributed by atoms with van der Waals surface area (Å²) in [4.78, 5) is 0. The number of hydrogen-bond donors (Lipinski definition) is 0. The summed E-state index contributed by atoms with van der Waals surface area (Å²) < 4.78 is 38.8. The first-order chi connectivity index (χ1) is 8.93. The molecule has 0 unspecified atom stereocenters. The van der Waals surface area contributed by atoms with E-state index in [1.54, 1.807) is 0 Å². The van der Waals surface area contributed by atoms with E-state index in [9.17, 15) is 8.78 Å². The maximum Gasteiger partial charge on any atom is 0.494 e. The van der Waals surface area contributed by atoms with Gasteiger partial charge in [-0.15, -0.1) is 0 Å². The minimum absolute atomic E-state index is 0.0598. The number of halogens is 2. The van der Waals surface area contributed by atoms with Gasteiger partial charge in [-0.25, -0.2) is 8.78 Å². The molecule has 2 rings (SSSR count). The van der Waals surface area contributed by atoms with Crippen LogP contribution in [0.3, 0.4) is 0 Å². The van der Waals surface area contributed by atoms with Crippen LogP contribution in [0.5, 0.6) is 0 Å². The van der Waals surface area contributed by atoms with Gasteiger partial charge >= 0.3 is 7.12 Å². The molecule has 104 valence electrons. The molecular weight excluding hydrogens is 249 g/mol. The van der Waals surface area contributed by atoms with Crippen LogP contribution < -0.4 is 5.46 Å². The topological polar surface area (TPSA) is 18.5 Å². The quantitative estimate of drug-likeness (QED) is 0.785. The van der Waals surface area contributed by atoms with Crippen molar-refractivity contribution in [3.8, 4) is 0 Å². The number of benzene rings is 1. The highest BCUT2D eigenvalue weighted by molar-refractivity contribution is 6.61. The summed E-state index contributed by atoms with van der Waals surface area (Å²) in [5.41, 5.74) is 0.489. The zero-order valence-electron chi connectivity index (χ0n) is 11.6. The van der Waals surface area contributed by atoms with Crippen LogP contribution in [0.1, 0.15) is 32.8 Å². The number of hydrogen-bond acceptors (Lipinski definition) is 2. The first-order valence-electron chi connectivity index (χ1n) is 6.64. The lowest BCUT2D eigenvalue weighted by molar-refractivity contribution is 0.0342. The maximum absolute atomic E-state index is 13.9. The van der Waals surface area contributed by atoms with E-state index in [4.69, 9.17) is 9.31 Å². The van der Waals surface area contributed by atoms with Gasteiger partial charge in [0, 0.05) is 24.2 Å². The van der Waals surface area contributed by atoms with Gasteiger partial charge in [-0.3, -0.25) is 0 Å². The fourth-order valence-corrected chi connectivity index (χ4v) is 2.13. The van der Waals surface area contributed by atoms with Gasteiger partial charge in [0.1, 0.15) is 11.6 Å². The van der Waals surface area contributed by atoms with Gasteiger partial charge in [-0.2, -0.15) is 0 Å². The van der Waals surface area contributed by atoms with Crippen molar-refractivity contribution in [2.75, 3.05) is 13.2 Å². The van der Waals surface area contributed by atoms with Crippen molar-refractivity contribution in [2.45, 2.75) is 33.6 Å². The highest BCUT2D eigenvalue weighted by Crippen LogP contribution is 2.22. The van der Waals surface area contributed by atoms with Gasteiger partial charge in [0.05, 0.1) is 0 Å². The minimum Gasteiger partial charge on any atom is -0.407 e. The van der Waals surface area contributed by atoms with Crippen LogP contribution in [0.15, 0.2) is 12.1 Å². The highest BCUT2D eigenvalue weighted by Gasteiger charge is 2.34. The molecule has 1 aliphatic rings. The van der Waals surface area contributed by atoms with Crippen molar-refractivity contribution in [2.24, 2.45) is 5.41 Å². The van der Waals surface area contributed by atoms with E-state index in [0.717, 1.165) is 0 Å². The standard InChI is InChI=1S/C14H19BF2O2/c1-4-5-11-12(16)6-10(7-13(11)17)15-18-8-14(2,3)9-19-15/h6-7H,4-5,8-9H2,1-3H3. The third-order valence-corrected chi connectivity index (χ3v) is 3.19. The van der Waals surface area contributed by atoms with Crippen molar-refractivity contribution < 1.29 is 18.1 Å². The van der Waals surface area contributed by atoms with Crippen molar-refractivity contribution >= 4 is 12.6 Å². The molecule has 1 aromatic carbocycles. The Bertz CT molecular complexity index is 430. The number of rotatable bonds is 3. The molecule has 0 saturated carbocycles. The van der Waals surface area contributed by atoms with Crippen molar-refractivity contribution in [3.63, 3.8) is 0 Å². The monoisotopic (exact) mass is 268 g/mol. The first kappa shape index (κ1) is 14.5. The van der Waals surface area contributed by atoms with Gasteiger partial charge in [0.2, 0.25) is 0 Å². The van der Waals surface area contributed by atoms with Gasteiger partial charge < -0.3 is 9.31 Å². The van der Waals surface area contributed by atoms with Crippen molar-refractivity contribution in [3.05, 3.63) is 29.3 Å². The maximum atomic E-state index is 13.9. The van der Waals surface area contributed by atoms with Crippen LogP contribution in [0.4, 0.5) is 8.78 Å². The molecule has 1 fully saturated rings. The average molecular weight is 268 g/mol. The van der Waals surface area contributed by atoms with Crippen molar-refractivity contribution in [1.29, 1.82) is 0 Å². The van der Waals surface area contributed by atoms with E-state index in [2.05, 4.69) is 0 Å². The Labute approximate surface area is 113 Å². The predicted octanol–water partition coefficient (Wildman–Crippen LogP) is 2.69. The summed E-state index contributed by atoms with van der Waals surface area (Å²) in [6, 6.07) is 2.63. The zero-order chi connectivity index (χ0) is 14.0. The first-order valence-corrected chi connectivity index (χ1v) is 6.64. The molecule has 0 spiro atoms. The second-order valence-electron chi connectivity index (χ2n) is 5.83. The van der Waals surface area contributed by atoms with Crippen LogP contribution in [0.2, 0.25) is 0 Å². The van der Waals surface area contributed by atoms with E-state index in [-0.39, 0.29) is 11.0 Å². The third-order valence-electron chi connectivity index (χ3n) is 3.19. The Morgan fingerprint density at radius 3 is 2.16 bits per heavy atom. The van der Waals surface area contributed by atoms with Gasteiger partial charge in [0.25, 0.3) is 0 Å². The largest absolute Gasteiger partial charge is 0.494 e. The molecule has 0 atom stereocenters. The van der Waals surface area contributed by atoms with Crippen LogP contribution in [0.25, 0.3) is 0 Å². The Morgan fingerprint density at radius 1 is 1.16 bits per heavy atom. The molecule has 0 radical (unpaired) electrons. The van der Waals surface area contributed by atoms with E-state index in [0.29, 0.717) is 31.5 Å². The molecular formula is C14H19BF2O2. The molecule has 0 aromatic heterocycles. The fraction of sp³-hybridized carbons (Fsp3) is 0.571. The predicted molar refractivity (Wildman–Crippen MR) is 71.4 cm³/mol. The molecule has 1 aromatic rings. The molecule has 1 heterocycles. The van der Waals surface area contributed by atoms with Crippen molar-refractivity contribution in [1.82, 2.24) is 0 Å². The molecule has 0 bridgehead atoms. The smallest absolute Gasteiger partial charge is 0.407 e. The Balaban J connectivity index is 2.18. The fourth-order valence-electron chi connectivity index (χ4n) is 2.13. The van der Waals surface area contributed by atoms with Crippen LogP contribution in [0, 0.1) is 17.0 Å². The van der Waals surface area contributed by atoms with Gasteiger partial charge in [-0.05, 0) is 24.0 Å². The summed E-state index contributed by atoms with van der Waals surface area (Å²) >= 11 is 0. The van der Waals surface area contributed by atoms with Crippen LogP contribution in [-0.2, 0) is 15.7 Å². The summed E-state index contributed by atoms with van der Waals surface area (Å²) in [5.74, 6) is -1.04. The Morgan fingerprint density at radius 2 is 1.68 bits per heavy atom. The molecule has 0 aliphatic carbocycles. The Kier molecular flexibility index (Phi) is 4.26. The molecule has 19 heavy (non-hydrogen) atoms. The van der Waals surface area contributed by atoms with Gasteiger partial charge in [-0.1, -0.05) is 27.2 Å². The zero-order valence-corrected chi connectivity index (χ0v) is 11.6. The molecule has 5 heteroatoms. The lowest BCUT2D eigenvalue weighted by Crippen LogP contribution is -2.47. The summed E-state index contributed by atoms with van der Waals surface area (Å²) in [6.07, 6.45) is 1.11. The summed E-state index contributed by atoms with van der Waals surface area (Å²) in [7, 11) is -0.673. The molecule has 2 nitrogen and oxygen atoms in total. The lowest BCUT2D eigenvalue weighted by Gasteiger charge is -2.33. The average Bonchev–Trinajstić information content (AvgIpc) is 2.33. The second-order valence-corrected chi connectivity index (χ2v) is 5.83. The van der Waals surface area contributed by atoms with E-state index in [1.165, 1.54) is 12.1 Å².